The molecule has 0 aromatic heterocycles. The number of rotatable bonds is 0. The highest BCUT2D eigenvalue weighted by Crippen LogP contribution is 2.53. The van der Waals surface area contributed by atoms with Gasteiger partial charge in [-0.05, 0) is 60.6 Å². The predicted octanol–water partition coefficient (Wildman–Crippen LogP) is 7.63. The zero-order valence-corrected chi connectivity index (χ0v) is 19.0. The number of allylic oxidation sites excluding steroid dienone is 1. The number of nitrogens with zero attached hydrogens (tertiary/aromatic N) is 2. The lowest BCUT2D eigenvalue weighted by molar-refractivity contribution is 0.699. The molecule has 2 nitrogen and oxygen atoms in total. The maximum Gasteiger partial charge on any atom is 0.108 e. The van der Waals surface area contributed by atoms with Crippen molar-refractivity contribution in [3.63, 3.8) is 0 Å². The van der Waals surface area contributed by atoms with E-state index in [4.69, 9.17) is 0 Å². The van der Waals surface area contributed by atoms with Gasteiger partial charge in [-0.25, -0.2) is 0 Å². The van der Waals surface area contributed by atoms with Crippen LogP contribution < -0.4 is 9.80 Å². The van der Waals surface area contributed by atoms with Crippen LogP contribution in [0.25, 0.3) is 28.0 Å². The number of aryl methyl sites for hydroxylation is 2. The molecule has 0 saturated carbocycles. The molecule has 160 valence electrons. The Balaban J connectivity index is 1.61. The van der Waals surface area contributed by atoms with Crippen LogP contribution in [0, 0.1) is 6.92 Å². The van der Waals surface area contributed by atoms with E-state index in [1.54, 1.807) is 0 Å². The van der Waals surface area contributed by atoms with Crippen LogP contribution in [0.5, 0.6) is 0 Å². The summed E-state index contributed by atoms with van der Waals surface area (Å²) < 4.78 is 0. The second-order valence-electron chi connectivity index (χ2n) is 9.36. The quantitative estimate of drug-likeness (QED) is 0.285. The average Bonchev–Trinajstić information content (AvgIpc) is 3.15. The van der Waals surface area contributed by atoms with Gasteiger partial charge in [0.25, 0.3) is 0 Å². The number of hydrogen-bond donors (Lipinski definition) is 0. The van der Waals surface area contributed by atoms with Crippen LogP contribution in [0.4, 0.5) is 11.4 Å². The third kappa shape index (κ3) is 2.49. The minimum Gasteiger partial charge on any atom is -0.322 e. The van der Waals surface area contributed by atoms with E-state index in [2.05, 4.69) is 115 Å². The fourth-order valence-electron chi connectivity index (χ4n) is 6.26. The average molecular weight is 427 g/mol. The normalized spacial score (nSPS) is 17.8. The first-order chi connectivity index (χ1) is 16.2. The summed E-state index contributed by atoms with van der Waals surface area (Å²) in [6.45, 7) is 4.62. The number of fused-ring (bicyclic) bond motifs is 11. The van der Waals surface area contributed by atoms with Crippen LogP contribution >= 0.6 is 0 Å². The Hall–Kier alpha value is -3.78. The van der Waals surface area contributed by atoms with E-state index in [1.807, 2.05) is 0 Å². The van der Waals surface area contributed by atoms with Gasteiger partial charge in [-0.3, -0.25) is 0 Å². The molecule has 0 aliphatic carbocycles. The van der Waals surface area contributed by atoms with E-state index < -0.39 is 0 Å². The number of para-hydroxylation sites is 2. The molecule has 4 aromatic rings. The Morgan fingerprint density at radius 2 is 1.21 bits per heavy atom. The number of anilines is 2. The lowest BCUT2D eigenvalue weighted by Crippen LogP contribution is -2.40. The molecular weight excluding hydrogens is 400 g/mol. The van der Waals surface area contributed by atoms with Crippen molar-refractivity contribution in [3.05, 3.63) is 113 Å². The highest BCUT2D eigenvalue weighted by molar-refractivity contribution is 6.03. The van der Waals surface area contributed by atoms with E-state index in [9.17, 15) is 0 Å². The molecule has 33 heavy (non-hydrogen) atoms. The summed E-state index contributed by atoms with van der Waals surface area (Å²) >= 11 is 0. The lowest BCUT2D eigenvalue weighted by Gasteiger charge is -2.37. The van der Waals surface area contributed by atoms with Crippen LogP contribution in [-0.4, -0.2) is 6.17 Å². The van der Waals surface area contributed by atoms with E-state index in [0.29, 0.717) is 0 Å². The fraction of sp³-hybridized carbons (Fsp3) is 0.161. The monoisotopic (exact) mass is 426 g/mol. The molecule has 4 aromatic carbocycles. The van der Waals surface area contributed by atoms with Gasteiger partial charge in [0.05, 0.1) is 11.4 Å². The molecule has 0 bridgehead atoms. The van der Waals surface area contributed by atoms with Crippen molar-refractivity contribution in [1.29, 1.82) is 0 Å². The molecule has 3 aliphatic rings. The van der Waals surface area contributed by atoms with Crippen LogP contribution in [0.3, 0.4) is 0 Å². The highest BCUT2D eigenvalue weighted by atomic mass is 15.4. The van der Waals surface area contributed by atoms with Gasteiger partial charge in [0.15, 0.2) is 0 Å². The molecule has 3 aliphatic heterocycles. The smallest absolute Gasteiger partial charge is 0.108 e. The first-order valence-electron chi connectivity index (χ1n) is 11.9. The summed E-state index contributed by atoms with van der Waals surface area (Å²) in [4.78, 5) is 5.22. The van der Waals surface area contributed by atoms with Crippen molar-refractivity contribution in [1.82, 2.24) is 0 Å². The Kier molecular flexibility index (Phi) is 3.90. The van der Waals surface area contributed by atoms with E-state index >= 15 is 0 Å². The third-order valence-corrected chi connectivity index (χ3v) is 7.60. The van der Waals surface area contributed by atoms with E-state index in [0.717, 1.165) is 12.8 Å². The largest absolute Gasteiger partial charge is 0.322 e. The van der Waals surface area contributed by atoms with Crippen molar-refractivity contribution >= 4 is 17.1 Å². The van der Waals surface area contributed by atoms with Gasteiger partial charge < -0.3 is 9.80 Å². The van der Waals surface area contributed by atoms with Gasteiger partial charge in [-0.2, -0.15) is 0 Å². The highest BCUT2D eigenvalue weighted by Gasteiger charge is 2.42. The molecule has 0 unspecified atom stereocenters. The SMILES string of the molecule is Cc1cccc2c1N1C(=C3c4ccccc4-c4ccccc4-c4ccccc4N3[C@@H]1C)CC2. The van der Waals surface area contributed by atoms with E-state index in [1.165, 1.54) is 61.7 Å². The van der Waals surface area contributed by atoms with Crippen LogP contribution in [0.1, 0.15) is 30.0 Å². The Labute approximate surface area is 195 Å². The summed E-state index contributed by atoms with van der Waals surface area (Å²) in [6, 6.07) is 33.6. The van der Waals surface area contributed by atoms with Crippen LogP contribution in [0.2, 0.25) is 0 Å². The molecule has 2 heteroatoms. The molecule has 7 rings (SSSR count). The maximum absolute atomic E-state index is 2.62. The summed E-state index contributed by atoms with van der Waals surface area (Å²) in [7, 11) is 0. The minimum absolute atomic E-state index is 0.203. The maximum atomic E-state index is 2.62. The molecule has 0 amide bonds. The van der Waals surface area contributed by atoms with Crippen LogP contribution in [0.15, 0.2) is 96.7 Å². The topological polar surface area (TPSA) is 6.48 Å². The number of benzene rings is 4. The predicted molar refractivity (Wildman–Crippen MR) is 138 cm³/mol. The third-order valence-electron chi connectivity index (χ3n) is 7.60. The lowest BCUT2D eigenvalue weighted by atomic mass is 9.87. The first kappa shape index (κ1) is 18.8. The van der Waals surface area contributed by atoms with Gasteiger partial charge in [0, 0.05) is 22.5 Å². The standard InChI is InChI=1S/C31H26N2/c1-20-10-9-11-22-18-19-29-31-27-16-6-5-14-25(27)23-12-3-4-13-24(23)26-15-7-8-17-28(26)32(31)21(2)33(29)30(20)22/h3-17,21H,18-19H2,1-2H3/t21-/m0/s1. The Morgan fingerprint density at radius 1 is 0.606 bits per heavy atom. The Morgan fingerprint density at radius 3 is 1.97 bits per heavy atom. The minimum atomic E-state index is 0.203. The van der Waals surface area contributed by atoms with Gasteiger partial charge in [-0.1, -0.05) is 84.9 Å². The zero-order chi connectivity index (χ0) is 22.1. The van der Waals surface area contributed by atoms with Gasteiger partial charge in [0.2, 0.25) is 0 Å². The van der Waals surface area contributed by atoms with Crippen LogP contribution in [-0.2, 0) is 6.42 Å². The van der Waals surface area contributed by atoms with E-state index in [-0.39, 0.29) is 6.17 Å². The van der Waals surface area contributed by atoms with Crippen molar-refractivity contribution in [2.45, 2.75) is 32.9 Å². The molecule has 0 spiro atoms. The van der Waals surface area contributed by atoms with Crippen molar-refractivity contribution in [3.8, 4) is 22.3 Å². The molecule has 0 fully saturated rings. The van der Waals surface area contributed by atoms with Gasteiger partial charge in [-0.15, -0.1) is 0 Å². The van der Waals surface area contributed by atoms with Crippen molar-refractivity contribution in [2.75, 3.05) is 9.80 Å². The first-order valence-corrected chi connectivity index (χ1v) is 11.9. The molecule has 0 saturated heterocycles. The molecular formula is C31H26N2. The van der Waals surface area contributed by atoms with Gasteiger partial charge in [0.1, 0.15) is 6.17 Å². The fourth-order valence-corrected chi connectivity index (χ4v) is 6.26. The summed E-state index contributed by atoms with van der Waals surface area (Å²) in [6.07, 6.45) is 2.35. The second-order valence-corrected chi connectivity index (χ2v) is 9.36. The molecule has 3 heterocycles. The summed E-state index contributed by atoms with van der Waals surface area (Å²) in [5, 5.41) is 0. The second kappa shape index (κ2) is 6.86. The van der Waals surface area contributed by atoms with Crippen molar-refractivity contribution < 1.29 is 0 Å². The van der Waals surface area contributed by atoms with Crippen molar-refractivity contribution in [2.24, 2.45) is 0 Å². The zero-order valence-electron chi connectivity index (χ0n) is 19.0. The summed E-state index contributed by atoms with van der Waals surface area (Å²) in [5.41, 5.74) is 14.9. The molecule has 0 radical (unpaired) electrons. The Bertz CT molecular complexity index is 1460. The summed E-state index contributed by atoms with van der Waals surface area (Å²) in [5.74, 6) is 0. The number of hydrogen-bond acceptors (Lipinski definition) is 2. The molecule has 1 atom stereocenters. The van der Waals surface area contributed by atoms with Gasteiger partial charge >= 0.3 is 0 Å². The molecule has 0 N–H and O–H groups in total.